The average Bonchev–Trinajstić information content (AvgIpc) is 2.95. The third kappa shape index (κ3) is 4.32. The highest BCUT2D eigenvalue weighted by molar-refractivity contribution is 7.85. The summed E-state index contributed by atoms with van der Waals surface area (Å²) < 4.78 is 56.9. The molecule has 1 fully saturated rings. The minimum Gasteiger partial charge on any atom is -0.364 e. The lowest BCUT2D eigenvalue weighted by atomic mass is 9.97. The second-order valence-electron chi connectivity index (χ2n) is 3.99. The summed E-state index contributed by atoms with van der Waals surface area (Å²) >= 11 is 0. The molecule has 1 N–H and O–H groups in total. The molecule has 1 aliphatic rings. The molecular formula is C11H14F2O4S. The molecule has 1 atom stereocenters. The normalized spacial score (nSPS) is 22.1. The van der Waals surface area contributed by atoms with Gasteiger partial charge in [0.05, 0.1) is 12.9 Å². The molecule has 1 heterocycles. The average molecular weight is 280 g/mol. The van der Waals surface area contributed by atoms with E-state index >= 15 is 0 Å². The van der Waals surface area contributed by atoms with Gasteiger partial charge in [-0.15, -0.1) is 0 Å². The molecule has 0 spiro atoms. The van der Waals surface area contributed by atoms with E-state index in [2.05, 4.69) is 0 Å². The van der Waals surface area contributed by atoms with E-state index in [1.807, 2.05) is 6.92 Å². The Morgan fingerprint density at radius 2 is 1.94 bits per heavy atom. The van der Waals surface area contributed by atoms with Gasteiger partial charge in [0.15, 0.2) is 0 Å². The third-order valence-electron chi connectivity index (χ3n) is 2.49. The van der Waals surface area contributed by atoms with Gasteiger partial charge in [0, 0.05) is 11.6 Å². The van der Waals surface area contributed by atoms with E-state index in [9.17, 15) is 17.2 Å². The fraction of sp³-hybridized carbons (Fsp3) is 0.455. The number of ether oxygens (including phenoxy) is 1. The van der Waals surface area contributed by atoms with Gasteiger partial charge in [-0.3, -0.25) is 4.55 Å². The molecule has 0 aliphatic carbocycles. The van der Waals surface area contributed by atoms with Gasteiger partial charge in [0.2, 0.25) is 0 Å². The Hall–Kier alpha value is -1.05. The predicted molar refractivity (Wildman–Crippen MR) is 61.8 cm³/mol. The van der Waals surface area contributed by atoms with E-state index in [0.29, 0.717) is 18.4 Å². The van der Waals surface area contributed by atoms with Crippen molar-refractivity contribution in [3.63, 3.8) is 0 Å². The third-order valence-corrected chi connectivity index (χ3v) is 2.49. The van der Waals surface area contributed by atoms with Crippen LogP contribution in [0.2, 0.25) is 0 Å². The summed E-state index contributed by atoms with van der Waals surface area (Å²) in [7, 11) is -3.67. The molecule has 1 saturated heterocycles. The van der Waals surface area contributed by atoms with Crippen molar-refractivity contribution in [2.75, 3.05) is 12.9 Å². The highest BCUT2D eigenvalue weighted by Crippen LogP contribution is 2.42. The van der Waals surface area contributed by atoms with Crippen molar-refractivity contribution < 1.29 is 26.5 Å². The van der Waals surface area contributed by atoms with Crippen LogP contribution >= 0.6 is 0 Å². The molecule has 1 aromatic carbocycles. The highest BCUT2D eigenvalue weighted by Gasteiger charge is 2.46. The van der Waals surface area contributed by atoms with Crippen molar-refractivity contribution in [1.29, 1.82) is 0 Å². The summed E-state index contributed by atoms with van der Waals surface area (Å²) in [6.07, 6.45) is 1.43. The Morgan fingerprint density at radius 1 is 1.44 bits per heavy atom. The predicted octanol–water partition coefficient (Wildman–Crippen LogP) is 2.10. The number of halogens is 2. The fourth-order valence-electron chi connectivity index (χ4n) is 1.50. The van der Waals surface area contributed by atoms with Crippen LogP contribution in [0.5, 0.6) is 0 Å². The van der Waals surface area contributed by atoms with Gasteiger partial charge in [-0.25, -0.2) is 8.78 Å². The van der Waals surface area contributed by atoms with E-state index in [1.165, 1.54) is 12.1 Å². The van der Waals surface area contributed by atoms with Crippen LogP contribution in [0.25, 0.3) is 0 Å². The van der Waals surface area contributed by atoms with Crippen LogP contribution in [0.1, 0.15) is 18.9 Å². The smallest absolute Gasteiger partial charge is 0.261 e. The largest absolute Gasteiger partial charge is 0.364 e. The first-order chi connectivity index (χ1) is 8.18. The molecule has 0 saturated carbocycles. The van der Waals surface area contributed by atoms with Crippen molar-refractivity contribution in [3.05, 3.63) is 35.4 Å². The number of hydrogen-bond donors (Lipinski definition) is 1. The molecule has 7 heteroatoms. The highest BCUT2D eigenvalue weighted by atomic mass is 32.2. The molecule has 102 valence electrons. The first-order valence-electron chi connectivity index (χ1n) is 5.20. The molecule has 4 nitrogen and oxygen atoms in total. The first kappa shape index (κ1) is 15.0. The van der Waals surface area contributed by atoms with Crippen molar-refractivity contribution in [2.24, 2.45) is 0 Å². The summed E-state index contributed by atoms with van der Waals surface area (Å²) in [5, 5.41) is 0. The first-order valence-corrected chi connectivity index (χ1v) is 7.05. The van der Waals surface area contributed by atoms with Gasteiger partial charge < -0.3 is 4.74 Å². The Morgan fingerprint density at radius 3 is 2.28 bits per heavy atom. The zero-order chi connectivity index (χ0) is 14.0. The Kier molecular flexibility index (Phi) is 4.41. The van der Waals surface area contributed by atoms with Gasteiger partial charge >= 0.3 is 0 Å². The Bertz CT molecular complexity index is 516. The van der Waals surface area contributed by atoms with Crippen molar-refractivity contribution in [2.45, 2.75) is 18.9 Å². The van der Waals surface area contributed by atoms with Crippen LogP contribution in [0.15, 0.2) is 18.2 Å². The van der Waals surface area contributed by atoms with E-state index in [-0.39, 0.29) is 0 Å². The quantitative estimate of drug-likeness (QED) is 0.665. The maximum Gasteiger partial charge on any atom is 0.261 e. The zero-order valence-electron chi connectivity index (χ0n) is 9.98. The molecule has 0 aromatic heterocycles. The fourth-order valence-corrected chi connectivity index (χ4v) is 1.50. The molecule has 1 aromatic rings. The monoisotopic (exact) mass is 280 g/mol. The van der Waals surface area contributed by atoms with Crippen LogP contribution in [0.3, 0.4) is 0 Å². The number of hydrogen-bond acceptors (Lipinski definition) is 3. The number of benzene rings is 1. The zero-order valence-corrected chi connectivity index (χ0v) is 10.8. The van der Waals surface area contributed by atoms with Gasteiger partial charge in [0.1, 0.15) is 17.2 Å². The van der Waals surface area contributed by atoms with Crippen LogP contribution in [0, 0.1) is 11.6 Å². The summed E-state index contributed by atoms with van der Waals surface area (Å²) in [5.41, 5.74) is -0.00553. The van der Waals surface area contributed by atoms with Crippen molar-refractivity contribution >= 4 is 10.1 Å². The second-order valence-corrected chi connectivity index (χ2v) is 5.46. The Balaban J connectivity index is 0.000000280. The maximum atomic E-state index is 13.3. The van der Waals surface area contributed by atoms with Crippen molar-refractivity contribution in [3.8, 4) is 0 Å². The molecular weight excluding hydrogens is 266 g/mol. The van der Waals surface area contributed by atoms with Crippen LogP contribution in [0.4, 0.5) is 8.78 Å². The number of rotatable bonds is 2. The van der Waals surface area contributed by atoms with Gasteiger partial charge in [-0.05, 0) is 12.5 Å². The SMILES string of the molecule is CC[C@@]1(c2ccc(F)cc2F)CO1.CS(=O)(=O)O. The van der Waals surface area contributed by atoms with Crippen LogP contribution in [-0.2, 0) is 20.5 Å². The molecule has 0 bridgehead atoms. The van der Waals surface area contributed by atoms with Crippen LogP contribution in [-0.4, -0.2) is 25.8 Å². The van der Waals surface area contributed by atoms with Gasteiger partial charge in [0.25, 0.3) is 10.1 Å². The molecule has 0 unspecified atom stereocenters. The summed E-state index contributed by atoms with van der Waals surface area (Å²) in [4.78, 5) is 0. The molecule has 0 radical (unpaired) electrons. The molecule has 2 rings (SSSR count). The van der Waals surface area contributed by atoms with E-state index < -0.39 is 27.4 Å². The lowest BCUT2D eigenvalue weighted by molar-refractivity contribution is 0.293. The van der Waals surface area contributed by atoms with Crippen molar-refractivity contribution in [1.82, 2.24) is 0 Å². The lowest BCUT2D eigenvalue weighted by Gasteiger charge is -2.09. The van der Waals surface area contributed by atoms with Crippen LogP contribution < -0.4 is 0 Å². The molecule has 0 amide bonds. The lowest BCUT2D eigenvalue weighted by Crippen LogP contribution is -2.09. The van der Waals surface area contributed by atoms with E-state index in [1.54, 1.807) is 0 Å². The second kappa shape index (κ2) is 5.29. The summed E-state index contributed by atoms with van der Waals surface area (Å²) in [6, 6.07) is 3.62. The summed E-state index contributed by atoms with van der Waals surface area (Å²) in [6.45, 7) is 2.46. The van der Waals surface area contributed by atoms with Gasteiger partial charge in [-0.1, -0.05) is 13.0 Å². The van der Waals surface area contributed by atoms with Gasteiger partial charge in [-0.2, -0.15) is 8.42 Å². The molecule has 1 aliphatic heterocycles. The summed E-state index contributed by atoms with van der Waals surface area (Å²) in [5.74, 6) is -1.06. The topological polar surface area (TPSA) is 66.9 Å². The van der Waals surface area contributed by atoms with E-state index in [4.69, 9.17) is 9.29 Å². The number of epoxide rings is 1. The minimum atomic E-state index is -3.67. The maximum absolute atomic E-state index is 13.3. The molecule has 18 heavy (non-hydrogen) atoms. The minimum absolute atomic E-state index is 0.469. The van der Waals surface area contributed by atoms with E-state index in [0.717, 1.165) is 12.5 Å². The standard InChI is InChI=1S/C10H10F2O.CH4O3S/c1-2-10(6-13-10)8-4-3-7(11)5-9(8)12;1-5(2,3)4/h3-5H,2,6H2,1H3;1H3,(H,2,3,4)/t10-;/m0./s1. The Labute approximate surface area is 104 Å².